The molecule has 2 heterocycles. The number of carbonyl (C=O) groups excluding carboxylic acids is 1. The summed E-state index contributed by atoms with van der Waals surface area (Å²) < 4.78 is 4.85. The molecule has 21 heavy (non-hydrogen) atoms. The number of anilines is 1. The minimum absolute atomic E-state index is 0.344. The van der Waals surface area contributed by atoms with Gasteiger partial charge in [0.15, 0.2) is 0 Å². The molecule has 1 saturated heterocycles. The van der Waals surface area contributed by atoms with Crippen molar-refractivity contribution in [1.29, 1.82) is 0 Å². The second-order valence-electron chi connectivity index (χ2n) is 4.61. The topological polar surface area (TPSA) is 71.7 Å². The predicted molar refractivity (Wildman–Crippen MR) is 81.9 cm³/mol. The molecule has 1 fully saturated rings. The third kappa shape index (κ3) is 4.26. The maximum atomic E-state index is 11.4. The predicted octanol–water partition coefficient (Wildman–Crippen LogP) is 1.22. The van der Waals surface area contributed by atoms with Gasteiger partial charge < -0.3 is 20.3 Å². The number of carbonyl (C=O) groups is 1. The molecule has 0 unspecified atom stereocenters. The van der Waals surface area contributed by atoms with Crippen LogP contribution in [0.25, 0.3) is 0 Å². The lowest BCUT2D eigenvalue weighted by atomic mass is 10.3. The van der Waals surface area contributed by atoms with Gasteiger partial charge in [-0.1, -0.05) is 17.7 Å². The molecule has 0 aliphatic carbocycles. The van der Waals surface area contributed by atoms with E-state index >= 15 is 0 Å². The molecule has 0 aromatic carbocycles. The van der Waals surface area contributed by atoms with Crippen molar-refractivity contribution in [2.45, 2.75) is 6.92 Å². The first-order chi connectivity index (χ1) is 10.1. The summed E-state index contributed by atoms with van der Waals surface area (Å²) in [6, 6.07) is 5.56. The average molecular weight is 311 g/mol. The first-order valence-electron chi connectivity index (χ1n) is 6.86. The normalized spacial score (nSPS) is 16.0. The Morgan fingerprint density at radius 2 is 2.14 bits per heavy atom. The molecular weight excluding hydrogens is 292 g/mol. The summed E-state index contributed by atoms with van der Waals surface area (Å²) in [5.74, 6) is 0.885. The smallest absolute Gasteiger partial charge is 0.334 e. The number of hydrogen-bond donors (Lipinski definition) is 1. The van der Waals surface area contributed by atoms with Crippen LogP contribution in [0.15, 0.2) is 30.1 Å². The number of ether oxygens (including phenoxy) is 1. The minimum Gasteiger partial charge on any atom is -0.463 e. The summed E-state index contributed by atoms with van der Waals surface area (Å²) in [7, 11) is 0. The van der Waals surface area contributed by atoms with E-state index in [1.165, 1.54) is 6.08 Å². The minimum atomic E-state index is -0.408. The third-order valence-corrected chi connectivity index (χ3v) is 3.43. The molecule has 114 valence electrons. The van der Waals surface area contributed by atoms with Crippen molar-refractivity contribution in [3.63, 3.8) is 0 Å². The van der Waals surface area contributed by atoms with Gasteiger partial charge in [-0.15, -0.1) is 0 Å². The van der Waals surface area contributed by atoms with Crippen molar-refractivity contribution in [3.05, 3.63) is 35.2 Å². The molecule has 1 aliphatic heterocycles. The molecule has 2 rings (SSSR count). The van der Waals surface area contributed by atoms with E-state index in [9.17, 15) is 4.79 Å². The van der Waals surface area contributed by atoms with Gasteiger partial charge in [0.1, 0.15) is 16.8 Å². The van der Waals surface area contributed by atoms with Gasteiger partial charge in [0.05, 0.1) is 12.7 Å². The Balaban J connectivity index is 1.92. The van der Waals surface area contributed by atoms with Gasteiger partial charge in [0, 0.05) is 26.2 Å². The van der Waals surface area contributed by atoms with Crippen LogP contribution >= 0.6 is 11.6 Å². The number of aromatic nitrogens is 1. The molecule has 1 aromatic rings. The first kappa shape index (κ1) is 15.4. The van der Waals surface area contributed by atoms with E-state index < -0.39 is 5.97 Å². The van der Waals surface area contributed by atoms with Crippen LogP contribution in [0.4, 0.5) is 5.82 Å². The summed E-state index contributed by atoms with van der Waals surface area (Å²) in [5.41, 5.74) is 5.92. The van der Waals surface area contributed by atoms with Gasteiger partial charge in [0.2, 0.25) is 0 Å². The lowest BCUT2D eigenvalue weighted by Crippen LogP contribution is -2.47. The summed E-state index contributed by atoms with van der Waals surface area (Å²) in [4.78, 5) is 19.8. The van der Waals surface area contributed by atoms with Gasteiger partial charge in [-0.3, -0.25) is 0 Å². The molecule has 2 N–H and O–H groups in total. The largest absolute Gasteiger partial charge is 0.463 e. The van der Waals surface area contributed by atoms with E-state index in [1.54, 1.807) is 13.0 Å². The zero-order valence-corrected chi connectivity index (χ0v) is 12.7. The molecule has 1 aliphatic rings. The second-order valence-corrected chi connectivity index (χ2v) is 5.00. The highest BCUT2D eigenvalue weighted by molar-refractivity contribution is 6.29. The fourth-order valence-corrected chi connectivity index (χ4v) is 2.32. The van der Waals surface area contributed by atoms with Crippen LogP contribution in [-0.4, -0.2) is 48.6 Å². The van der Waals surface area contributed by atoms with E-state index in [4.69, 9.17) is 22.1 Å². The zero-order valence-electron chi connectivity index (χ0n) is 12.0. The Bertz CT molecular complexity index is 527. The highest BCUT2D eigenvalue weighted by Gasteiger charge is 2.19. The summed E-state index contributed by atoms with van der Waals surface area (Å²) in [5, 5.41) is 0.483. The van der Waals surface area contributed by atoms with Crippen molar-refractivity contribution < 1.29 is 9.53 Å². The number of piperazine rings is 1. The molecule has 6 nitrogen and oxygen atoms in total. The number of hydrogen-bond acceptors (Lipinski definition) is 6. The SMILES string of the molecule is CCOC(=O)C=C(N)N1CCN(c2cccc(Cl)n2)CC1. The highest BCUT2D eigenvalue weighted by atomic mass is 35.5. The van der Waals surface area contributed by atoms with E-state index in [1.807, 2.05) is 17.0 Å². The molecule has 1 aromatic heterocycles. The maximum absolute atomic E-state index is 11.4. The van der Waals surface area contributed by atoms with Crippen molar-refractivity contribution in [2.24, 2.45) is 5.73 Å². The molecule has 0 amide bonds. The highest BCUT2D eigenvalue weighted by Crippen LogP contribution is 2.17. The molecule has 0 atom stereocenters. The molecular formula is C14H19ClN4O2. The fraction of sp³-hybridized carbons (Fsp3) is 0.429. The van der Waals surface area contributed by atoms with Crippen LogP contribution in [-0.2, 0) is 9.53 Å². The number of esters is 1. The summed E-state index contributed by atoms with van der Waals surface area (Å²) in [6.07, 6.45) is 1.33. The van der Waals surface area contributed by atoms with Crippen LogP contribution in [0.1, 0.15) is 6.92 Å². The van der Waals surface area contributed by atoms with Gasteiger partial charge >= 0.3 is 5.97 Å². The molecule has 7 heteroatoms. The zero-order chi connectivity index (χ0) is 15.2. The number of rotatable bonds is 4. The van der Waals surface area contributed by atoms with E-state index in [-0.39, 0.29) is 0 Å². The van der Waals surface area contributed by atoms with Gasteiger partial charge in [-0.05, 0) is 19.1 Å². The first-order valence-corrected chi connectivity index (χ1v) is 7.24. The monoisotopic (exact) mass is 310 g/mol. The van der Waals surface area contributed by atoms with E-state index in [2.05, 4.69) is 9.88 Å². The van der Waals surface area contributed by atoms with Crippen LogP contribution < -0.4 is 10.6 Å². The van der Waals surface area contributed by atoms with Crippen LogP contribution in [0, 0.1) is 0 Å². The van der Waals surface area contributed by atoms with E-state index in [0.717, 1.165) is 32.0 Å². The van der Waals surface area contributed by atoms with Crippen LogP contribution in [0.3, 0.4) is 0 Å². The number of halogens is 1. The van der Waals surface area contributed by atoms with E-state index in [0.29, 0.717) is 17.6 Å². The average Bonchev–Trinajstić information content (AvgIpc) is 2.47. The van der Waals surface area contributed by atoms with Crippen molar-refractivity contribution in [2.75, 3.05) is 37.7 Å². The Labute approximate surface area is 129 Å². The van der Waals surface area contributed by atoms with Crippen LogP contribution in [0.5, 0.6) is 0 Å². The Kier molecular flexibility index (Phi) is 5.27. The third-order valence-electron chi connectivity index (χ3n) is 3.22. The summed E-state index contributed by atoms with van der Waals surface area (Å²) in [6.45, 7) is 5.08. The molecule has 0 radical (unpaired) electrons. The Morgan fingerprint density at radius 1 is 1.43 bits per heavy atom. The quantitative estimate of drug-likeness (QED) is 0.512. The van der Waals surface area contributed by atoms with Crippen molar-refractivity contribution >= 4 is 23.4 Å². The lowest BCUT2D eigenvalue weighted by Gasteiger charge is -2.36. The molecule has 0 bridgehead atoms. The Hall–Kier alpha value is -1.95. The molecule has 0 spiro atoms. The maximum Gasteiger partial charge on any atom is 0.334 e. The van der Waals surface area contributed by atoms with Crippen LogP contribution in [0.2, 0.25) is 5.15 Å². The lowest BCUT2D eigenvalue weighted by molar-refractivity contribution is -0.137. The Morgan fingerprint density at radius 3 is 2.76 bits per heavy atom. The van der Waals surface area contributed by atoms with Gasteiger partial charge in [-0.25, -0.2) is 9.78 Å². The van der Waals surface area contributed by atoms with Crippen molar-refractivity contribution in [1.82, 2.24) is 9.88 Å². The number of nitrogens with two attached hydrogens (primary N) is 1. The van der Waals surface area contributed by atoms with Crippen molar-refractivity contribution in [3.8, 4) is 0 Å². The van der Waals surface area contributed by atoms with Gasteiger partial charge in [0.25, 0.3) is 0 Å². The number of nitrogens with zero attached hydrogens (tertiary/aromatic N) is 3. The summed E-state index contributed by atoms with van der Waals surface area (Å²) >= 11 is 5.90. The molecule has 0 saturated carbocycles. The van der Waals surface area contributed by atoms with Gasteiger partial charge in [-0.2, -0.15) is 0 Å². The fourth-order valence-electron chi connectivity index (χ4n) is 2.16. The standard InChI is InChI=1S/C14H19ClN4O2/c1-2-21-14(20)10-12(16)18-6-8-19(9-7-18)13-5-3-4-11(15)17-13/h3-5,10H,2,6-9,16H2,1H3. The second kappa shape index (κ2) is 7.17. The number of pyridine rings is 1.